The van der Waals surface area contributed by atoms with Crippen molar-refractivity contribution in [2.24, 2.45) is 0 Å². The number of piperazine rings is 1. The highest BCUT2D eigenvalue weighted by molar-refractivity contribution is 5.92. The monoisotopic (exact) mass is 423 g/mol. The summed E-state index contributed by atoms with van der Waals surface area (Å²) in [6.07, 6.45) is 7.77. The molecule has 0 unspecified atom stereocenters. The molecule has 0 aliphatic carbocycles. The zero-order chi connectivity index (χ0) is 22.1. The Kier molecular flexibility index (Phi) is 8.12. The summed E-state index contributed by atoms with van der Waals surface area (Å²) in [5, 5.41) is 0. The number of carbonyl (C=O) groups excluding carboxylic acids is 1. The van der Waals surface area contributed by atoms with Crippen LogP contribution in [0.5, 0.6) is 17.2 Å². The van der Waals surface area contributed by atoms with Crippen LogP contribution in [0.4, 0.5) is 0 Å². The lowest BCUT2D eigenvalue weighted by Crippen LogP contribution is -3.14. The molecule has 6 heteroatoms. The van der Waals surface area contributed by atoms with Crippen LogP contribution in [0.15, 0.2) is 54.6 Å². The lowest BCUT2D eigenvalue weighted by molar-refractivity contribution is -0.898. The molecule has 2 aromatic rings. The summed E-state index contributed by atoms with van der Waals surface area (Å²) in [4.78, 5) is 16.0. The largest absolute Gasteiger partial charge is 0.493 e. The average Bonchev–Trinajstić information content (AvgIpc) is 2.82. The molecule has 1 fully saturated rings. The maximum absolute atomic E-state index is 12.6. The first-order valence-electron chi connectivity index (χ1n) is 10.5. The first-order chi connectivity index (χ1) is 15.1. The Bertz CT molecular complexity index is 891. The minimum atomic E-state index is 0.0210. The van der Waals surface area contributed by atoms with Gasteiger partial charge in [0.2, 0.25) is 11.7 Å². The van der Waals surface area contributed by atoms with Gasteiger partial charge in [-0.15, -0.1) is 0 Å². The summed E-state index contributed by atoms with van der Waals surface area (Å²) in [5.41, 5.74) is 2.03. The average molecular weight is 424 g/mol. The quantitative estimate of drug-likeness (QED) is 0.662. The number of nitrogens with zero attached hydrogens (tertiary/aromatic N) is 1. The molecule has 2 aromatic carbocycles. The van der Waals surface area contributed by atoms with Crippen LogP contribution >= 0.6 is 0 Å². The van der Waals surface area contributed by atoms with Crippen LogP contribution in [-0.2, 0) is 4.79 Å². The van der Waals surface area contributed by atoms with Crippen molar-refractivity contribution in [1.29, 1.82) is 0 Å². The molecule has 1 amide bonds. The first kappa shape index (κ1) is 22.4. The third-order valence-electron chi connectivity index (χ3n) is 5.40. The fraction of sp³-hybridized carbons (Fsp3) is 0.320. The number of amides is 1. The predicted octanol–water partition coefficient (Wildman–Crippen LogP) is 2.17. The minimum absolute atomic E-state index is 0.0210. The van der Waals surface area contributed by atoms with E-state index in [0.29, 0.717) is 17.2 Å². The van der Waals surface area contributed by atoms with E-state index in [0.717, 1.165) is 38.3 Å². The second-order valence-corrected chi connectivity index (χ2v) is 7.38. The van der Waals surface area contributed by atoms with Crippen molar-refractivity contribution in [1.82, 2.24) is 4.90 Å². The number of nitrogens with one attached hydrogen (secondary N) is 1. The van der Waals surface area contributed by atoms with Crippen LogP contribution in [0.1, 0.15) is 11.1 Å². The van der Waals surface area contributed by atoms with Gasteiger partial charge in [0.05, 0.1) is 54.1 Å². The third kappa shape index (κ3) is 6.12. The number of hydrogen-bond acceptors (Lipinski definition) is 4. The molecule has 0 aromatic heterocycles. The van der Waals surface area contributed by atoms with Crippen molar-refractivity contribution < 1.29 is 23.9 Å². The van der Waals surface area contributed by atoms with Gasteiger partial charge >= 0.3 is 0 Å². The van der Waals surface area contributed by atoms with Gasteiger partial charge in [-0.2, -0.15) is 0 Å². The Balaban J connectivity index is 1.53. The van der Waals surface area contributed by atoms with Gasteiger partial charge in [0.1, 0.15) is 0 Å². The zero-order valence-electron chi connectivity index (χ0n) is 18.5. The number of methoxy groups -OCH3 is 3. The van der Waals surface area contributed by atoms with E-state index < -0.39 is 0 Å². The zero-order valence-corrected chi connectivity index (χ0v) is 18.5. The summed E-state index contributed by atoms with van der Waals surface area (Å²) in [7, 11) is 4.72. The normalized spacial score (nSPS) is 14.9. The van der Waals surface area contributed by atoms with Gasteiger partial charge < -0.3 is 24.0 Å². The summed E-state index contributed by atoms with van der Waals surface area (Å²) in [5.74, 6) is 1.69. The summed E-state index contributed by atoms with van der Waals surface area (Å²) in [6, 6.07) is 14.0. The van der Waals surface area contributed by atoms with E-state index in [1.807, 2.05) is 35.2 Å². The van der Waals surface area contributed by atoms with Crippen molar-refractivity contribution in [3.63, 3.8) is 0 Å². The first-order valence-corrected chi connectivity index (χ1v) is 10.5. The van der Waals surface area contributed by atoms with Crippen molar-refractivity contribution in [3.8, 4) is 17.2 Å². The molecule has 1 heterocycles. The van der Waals surface area contributed by atoms with Crippen LogP contribution in [0, 0.1) is 0 Å². The van der Waals surface area contributed by atoms with Crippen molar-refractivity contribution >= 4 is 18.1 Å². The maximum Gasteiger partial charge on any atom is 0.246 e. The molecule has 164 valence electrons. The van der Waals surface area contributed by atoms with Crippen molar-refractivity contribution in [2.45, 2.75) is 0 Å². The Morgan fingerprint density at radius 2 is 1.58 bits per heavy atom. The lowest BCUT2D eigenvalue weighted by Gasteiger charge is -2.31. The van der Waals surface area contributed by atoms with Gasteiger partial charge in [-0.3, -0.25) is 4.79 Å². The van der Waals surface area contributed by atoms with Crippen LogP contribution in [0.3, 0.4) is 0 Å². The van der Waals surface area contributed by atoms with E-state index in [-0.39, 0.29) is 5.91 Å². The number of benzene rings is 2. The lowest BCUT2D eigenvalue weighted by atomic mass is 10.1. The molecule has 1 saturated heterocycles. The Hall–Kier alpha value is -3.25. The molecule has 0 saturated carbocycles. The molecule has 3 rings (SSSR count). The van der Waals surface area contributed by atoms with E-state index in [4.69, 9.17) is 14.2 Å². The summed E-state index contributed by atoms with van der Waals surface area (Å²) in [6.45, 7) is 4.38. The van der Waals surface area contributed by atoms with Crippen LogP contribution < -0.4 is 19.1 Å². The SMILES string of the molecule is COc1cc(/C=C/C(=O)N2CC[NH+](C/C=C/c3ccccc3)CC2)cc(OC)c1OC. The topological polar surface area (TPSA) is 52.4 Å². The number of rotatable bonds is 8. The number of hydrogen-bond donors (Lipinski definition) is 1. The minimum Gasteiger partial charge on any atom is -0.493 e. The number of carbonyl (C=O) groups is 1. The molecular weight excluding hydrogens is 392 g/mol. The van der Waals surface area contributed by atoms with Gasteiger partial charge in [0.25, 0.3) is 0 Å². The highest BCUT2D eigenvalue weighted by atomic mass is 16.5. The Morgan fingerprint density at radius 1 is 0.935 bits per heavy atom. The van der Waals surface area contributed by atoms with Gasteiger partial charge in [-0.05, 0) is 35.4 Å². The van der Waals surface area contributed by atoms with E-state index >= 15 is 0 Å². The highest BCUT2D eigenvalue weighted by Gasteiger charge is 2.21. The second kappa shape index (κ2) is 11.2. The van der Waals surface area contributed by atoms with E-state index in [1.165, 1.54) is 10.5 Å². The highest BCUT2D eigenvalue weighted by Crippen LogP contribution is 2.38. The Labute approximate surface area is 184 Å². The summed E-state index contributed by atoms with van der Waals surface area (Å²) < 4.78 is 16.1. The van der Waals surface area contributed by atoms with Crippen molar-refractivity contribution in [3.05, 3.63) is 65.7 Å². The maximum atomic E-state index is 12.6. The van der Waals surface area contributed by atoms with Crippen LogP contribution in [0.2, 0.25) is 0 Å². The molecule has 0 bridgehead atoms. The summed E-state index contributed by atoms with van der Waals surface area (Å²) >= 11 is 0. The van der Waals surface area contributed by atoms with Crippen LogP contribution in [-0.4, -0.2) is 64.9 Å². The standard InChI is InChI=1S/C25H30N2O4/c1-29-22-18-21(19-23(30-2)25(22)31-3)11-12-24(28)27-16-14-26(15-17-27)13-7-10-20-8-5-4-6-9-20/h4-12,18-19H,13-17H2,1-3H3/p+1/b10-7+,12-11+. The molecule has 1 aliphatic rings. The molecule has 0 radical (unpaired) electrons. The fourth-order valence-corrected chi connectivity index (χ4v) is 3.64. The molecule has 0 spiro atoms. The second-order valence-electron chi connectivity index (χ2n) is 7.38. The molecular formula is C25H31N2O4+. The fourth-order valence-electron chi connectivity index (χ4n) is 3.64. The van der Waals surface area contributed by atoms with Crippen molar-refractivity contribution in [2.75, 3.05) is 54.1 Å². The molecule has 31 heavy (non-hydrogen) atoms. The smallest absolute Gasteiger partial charge is 0.246 e. The van der Waals surface area contributed by atoms with Crippen LogP contribution in [0.25, 0.3) is 12.2 Å². The molecule has 6 nitrogen and oxygen atoms in total. The van der Waals surface area contributed by atoms with Gasteiger partial charge in [-0.25, -0.2) is 0 Å². The number of quaternary nitrogens is 1. The number of ether oxygens (including phenoxy) is 3. The predicted molar refractivity (Wildman–Crippen MR) is 123 cm³/mol. The van der Waals surface area contributed by atoms with E-state index in [9.17, 15) is 4.79 Å². The molecule has 0 atom stereocenters. The van der Waals surface area contributed by atoms with Gasteiger partial charge in [0, 0.05) is 6.08 Å². The molecule has 1 N–H and O–H groups in total. The third-order valence-corrected chi connectivity index (χ3v) is 5.40. The van der Waals surface area contributed by atoms with E-state index in [1.54, 1.807) is 33.5 Å². The molecule has 1 aliphatic heterocycles. The Morgan fingerprint density at radius 3 is 2.16 bits per heavy atom. The van der Waals surface area contributed by atoms with E-state index in [2.05, 4.69) is 24.3 Å². The van der Waals surface area contributed by atoms with Gasteiger partial charge in [-0.1, -0.05) is 36.4 Å². The van der Waals surface area contributed by atoms with Gasteiger partial charge in [0.15, 0.2) is 11.5 Å².